The van der Waals surface area contributed by atoms with Crippen molar-refractivity contribution in [1.82, 2.24) is 0 Å². The quantitative estimate of drug-likeness (QED) is 0.601. The average Bonchev–Trinajstić information content (AvgIpc) is 3.11. The Labute approximate surface area is 144 Å². The minimum Gasteiger partial charge on any atom is -0.226 e. The van der Waals surface area contributed by atoms with Crippen LogP contribution in [0.1, 0.15) is 11.1 Å². The van der Waals surface area contributed by atoms with Crippen molar-refractivity contribution < 1.29 is 8.42 Å². The topological polar surface area (TPSA) is 62.3 Å². The van der Waals surface area contributed by atoms with Gasteiger partial charge in [0.15, 0.2) is 0 Å². The molecule has 0 saturated heterocycles. The van der Waals surface area contributed by atoms with Crippen molar-refractivity contribution in [2.45, 2.75) is 0 Å². The van der Waals surface area contributed by atoms with E-state index in [4.69, 9.17) is 11.8 Å². The molecule has 0 aliphatic carbocycles. The third-order valence-electron chi connectivity index (χ3n) is 3.51. The molecule has 1 aromatic heterocycles. The fraction of sp³-hybridized carbons (Fsp3) is 0. The summed E-state index contributed by atoms with van der Waals surface area (Å²) in [7, 11) is -3.74. The van der Waals surface area contributed by atoms with Gasteiger partial charge in [0.25, 0.3) is 5.70 Å². The van der Waals surface area contributed by atoms with Crippen molar-refractivity contribution in [2.75, 3.05) is 0 Å². The molecule has 0 amide bonds. The largest absolute Gasteiger partial charge is 0.269 e. The van der Waals surface area contributed by atoms with Crippen LogP contribution in [-0.2, 0) is 9.84 Å². The van der Waals surface area contributed by atoms with Gasteiger partial charge in [0.05, 0.1) is 22.5 Å². The first-order valence-electron chi connectivity index (χ1n) is 6.86. The molecule has 1 aliphatic heterocycles. The van der Waals surface area contributed by atoms with E-state index in [0.29, 0.717) is 16.7 Å². The Morgan fingerprint density at radius 2 is 1.75 bits per heavy atom. The first-order chi connectivity index (χ1) is 11.6. The third kappa shape index (κ3) is 2.69. The molecule has 0 atom stereocenters. The van der Waals surface area contributed by atoms with Crippen LogP contribution in [0.5, 0.6) is 0 Å². The van der Waals surface area contributed by atoms with E-state index in [-0.39, 0.29) is 15.5 Å². The van der Waals surface area contributed by atoms with Gasteiger partial charge in [-0.05, 0) is 40.1 Å². The zero-order chi connectivity index (χ0) is 17.2. The van der Waals surface area contributed by atoms with Crippen molar-refractivity contribution in [2.24, 2.45) is 0 Å². The lowest BCUT2D eigenvalue weighted by atomic mass is 10.1. The fourth-order valence-corrected chi connectivity index (χ4v) is 4.79. The third-order valence-corrected chi connectivity index (χ3v) is 6.06. The van der Waals surface area contributed by atoms with Crippen LogP contribution in [0.3, 0.4) is 0 Å². The Morgan fingerprint density at radius 3 is 2.29 bits per heavy atom. The van der Waals surface area contributed by atoms with Crippen molar-refractivity contribution in [3.63, 3.8) is 0 Å². The standard InChI is InChI=1S/C18H10N2O2S2/c1-20-16(11-19)15-9-17(13-5-3-2-4-6-13)24(21,22)18(10-15)14-7-8-23-12-14/h2-10,12H/b16-15+. The van der Waals surface area contributed by atoms with Crippen LogP contribution >= 0.6 is 11.3 Å². The van der Waals surface area contributed by atoms with Crippen LogP contribution in [0.15, 0.2) is 70.6 Å². The van der Waals surface area contributed by atoms with Crippen molar-refractivity contribution >= 4 is 31.0 Å². The van der Waals surface area contributed by atoms with Gasteiger partial charge in [-0.1, -0.05) is 30.3 Å². The lowest BCUT2D eigenvalue weighted by molar-refractivity contribution is 0.614. The lowest BCUT2D eigenvalue weighted by Crippen LogP contribution is -2.10. The van der Waals surface area contributed by atoms with E-state index < -0.39 is 9.84 Å². The van der Waals surface area contributed by atoms with Crippen LogP contribution in [0, 0.1) is 17.9 Å². The number of hydrogen-bond acceptors (Lipinski definition) is 4. The number of nitriles is 1. The summed E-state index contributed by atoms with van der Waals surface area (Å²) < 4.78 is 26.1. The van der Waals surface area contributed by atoms with Gasteiger partial charge in [0, 0.05) is 5.56 Å². The molecule has 6 heteroatoms. The maximum Gasteiger partial charge on any atom is 0.269 e. The Morgan fingerprint density at radius 1 is 1.08 bits per heavy atom. The first-order valence-corrected chi connectivity index (χ1v) is 9.29. The van der Waals surface area contributed by atoms with E-state index in [2.05, 4.69) is 4.85 Å². The van der Waals surface area contributed by atoms with E-state index >= 15 is 0 Å². The highest BCUT2D eigenvalue weighted by atomic mass is 32.2. The normalized spacial score (nSPS) is 17.9. The van der Waals surface area contributed by atoms with Crippen LogP contribution in [0.4, 0.5) is 0 Å². The summed E-state index contributed by atoms with van der Waals surface area (Å²) in [6.07, 6.45) is 2.80. The highest BCUT2D eigenvalue weighted by molar-refractivity contribution is 8.09. The molecular weight excluding hydrogens is 340 g/mol. The summed E-state index contributed by atoms with van der Waals surface area (Å²) in [6.45, 7) is 7.14. The van der Waals surface area contributed by atoms with Crippen molar-refractivity contribution in [3.05, 3.63) is 93.1 Å². The molecule has 0 radical (unpaired) electrons. The van der Waals surface area contributed by atoms with Gasteiger partial charge in [-0.15, -0.1) is 0 Å². The van der Waals surface area contributed by atoms with Gasteiger partial charge in [-0.2, -0.15) is 11.3 Å². The zero-order valence-electron chi connectivity index (χ0n) is 12.3. The highest BCUT2D eigenvalue weighted by Gasteiger charge is 2.30. The number of benzene rings is 1. The second-order valence-corrected chi connectivity index (χ2v) is 7.59. The number of allylic oxidation sites excluding steroid dienone is 4. The highest BCUT2D eigenvalue weighted by Crippen LogP contribution is 2.39. The monoisotopic (exact) mass is 350 g/mol. The molecular formula is C18H10N2O2S2. The zero-order valence-corrected chi connectivity index (χ0v) is 13.9. The Hall–Kier alpha value is -2.93. The number of sulfone groups is 1. The maximum atomic E-state index is 13.0. The van der Waals surface area contributed by atoms with Crippen LogP contribution in [0.25, 0.3) is 14.7 Å². The van der Waals surface area contributed by atoms with E-state index in [1.54, 1.807) is 47.2 Å². The summed E-state index contributed by atoms with van der Waals surface area (Å²) in [5, 5.41) is 12.7. The Balaban J connectivity index is 2.33. The molecule has 0 unspecified atom stereocenters. The lowest BCUT2D eigenvalue weighted by Gasteiger charge is -2.17. The van der Waals surface area contributed by atoms with Crippen LogP contribution < -0.4 is 0 Å². The van der Waals surface area contributed by atoms with Crippen molar-refractivity contribution in [3.8, 4) is 6.07 Å². The molecule has 116 valence electrons. The molecule has 0 bridgehead atoms. The maximum absolute atomic E-state index is 13.0. The van der Waals surface area contributed by atoms with Gasteiger partial charge in [-0.3, -0.25) is 0 Å². The molecule has 2 aromatic rings. The van der Waals surface area contributed by atoms with E-state index in [1.807, 2.05) is 6.07 Å². The van der Waals surface area contributed by atoms with E-state index in [0.717, 1.165) is 0 Å². The van der Waals surface area contributed by atoms with Gasteiger partial charge < -0.3 is 0 Å². The average molecular weight is 350 g/mol. The summed E-state index contributed by atoms with van der Waals surface area (Å²) in [6, 6.07) is 12.2. The summed E-state index contributed by atoms with van der Waals surface area (Å²) in [4.78, 5) is 3.41. The molecule has 2 heterocycles. The molecule has 4 nitrogen and oxygen atoms in total. The predicted octanol–water partition coefficient (Wildman–Crippen LogP) is 4.26. The number of thiophene rings is 1. The van der Waals surface area contributed by atoms with E-state index in [1.165, 1.54) is 23.5 Å². The molecule has 0 N–H and O–H groups in total. The SMILES string of the molecule is [C-]#[N+]/C(C#N)=C1\C=C(c2ccccc2)S(=O)(=O)C(c2ccsc2)=C1. The summed E-state index contributed by atoms with van der Waals surface area (Å²) in [5.74, 6) is 0. The minimum absolute atomic E-state index is 0.0956. The van der Waals surface area contributed by atoms with E-state index in [9.17, 15) is 8.42 Å². The number of rotatable bonds is 2. The van der Waals surface area contributed by atoms with Gasteiger partial charge in [-0.25, -0.2) is 18.5 Å². The van der Waals surface area contributed by atoms with Crippen LogP contribution in [0.2, 0.25) is 0 Å². The van der Waals surface area contributed by atoms with Gasteiger partial charge >= 0.3 is 0 Å². The molecule has 0 spiro atoms. The first kappa shape index (κ1) is 15.9. The molecule has 1 aliphatic rings. The second-order valence-electron chi connectivity index (χ2n) is 4.93. The number of nitrogens with zero attached hydrogens (tertiary/aromatic N) is 2. The smallest absolute Gasteiger partial charge is 0.226 e. The molecule has 24 heavy (non-hydrogen) atoms. The molecule has 1 aromatic carbocycles. The molecule has 0 fully saturated rings. The molecule has 3 rings (SSSR count). The Bertz CT molecular complexity index is 1040. The minimum atomic E-state index is -3.74. The predicted molar refractivity (Wildman–Crippen MR) is 94.9 cm³/mol. The Kier molecular flexibility index (Phi) is 4.18. The molecule has 0 saturated carbocycles. The van der Waals surface area contributed by atoms with Crippen molar-refractivity contribution in [1.29, 1.82) is 5.26 Å². The summed E-state index contributed by atoms with van der Waals surface area (Å²) in [5.41, 5.74) is 1.26. The van der Waals surface area contributed by atoms with Gasteiger partial charge in [0.2, 0.25) is 9.84 Å². The summed E-state index contributed by atoms with van der Waals surface area (Å²) >= 11 is 1.39. The van der Waals surface area contributed by atoms with Crippen LogP contribution in [-0.4, -0.2) is 8.42 Å². The second kappa shape index (κ2) is 6.29. The van der Waals surface area contributed by atoms with Gasteiger partial charge in [0.1, 0.15) is 0 Å². The fourth-order valence-electron chi connectivity index (χ4n) is 2.37. The number of hydrogen-bond donors (Lipinski definition) is 0.